The molecule has 20 heavy (non-hydrogen) atoms. The fourth-order valence-corrected chi connectivity index (χ4v) is 1.78. The Kier molecular flexibility index (Phi) is 5.00. The molecular weight excluding hydrogens is 261 g/mol. The number of carbonyl (C=O) groups is 1. The van der Waals surface area contributed by atoms with Crippen molar-refractivity contribution in [3.8, 4) is 5.75 Å². The lowest BCUT2D eigenvalue weighted by molar-refractivity contribution is -0.776. The van der Waals surface area contributed by atoms with Crippen LogP contribution >= 0.6 is 0 Å². The van der Waals surface area contributed by atoms with E-state index < -0.39 is 12.0 Å². The zero-order chi connectivity index (χ0) is 14.4. The van der Waals surface area contributed by atoms with E-state index in [0.29, 0.717) is 19.6 Å². The van der Waals surface area contributed by atoms with E-state index in [1.54, 1.807) is 13.2 Å². The molecule has 0 aromatic heterocycles. The Hall–Kier alpha value is -2.02. The van der Waals surface area contributed by atoms with E-state index in [2.05, 4.69) is 0 Å². The Bertz CT molecular complexity index is 488. The lowest BCUT2D eigenvalue weighted by atomic mass is 10.00. The van der Waals surface area contributed by atoms with Crippen molar-refractivity contribution in [2.45, 2.75) is 12.5 Å². The minimum Gasteiger partial charge on any atom is -0.491 e. The fourth-order valence-electron chi connectivity index (χ4n) is 1.78. The number of carboxylic acid groups (broad SMARTS) is 1. The van der Waals surface area contributed by atoms with Crippen molar-refractivity contribution in [2.75, 3.05) is 20.3 Å². The van der Waals surface area contributed by atoms with Crippen LogP contribution in [0.4, 0.5) is 0 Å². The Morgan fingerprint density at radius 1 is 1.40 bits per heavy atom. The van der Waals surface area contributed by atoms with Gasteiger partial charge in [0.05, 0.1) is 13.0 Å². The van der Waals surface area contributed by atoms with Crippen molar-refractivity contribution in [2.24, 2.45) is 0 Å². The summed E-state index contributed by atoms with van der Waals surface area (Å²) in [5.41, 5.74) is 0.903. The second-order valence-corrected chi connectivity index (χ2v) is 4.29. The third kappa shape index (κ3) is 3.74. The van der Waals surface area contributed by atoms with Gasteiger partial charge in [0.1, 0.15) is 12.4 Å². The summed E-state index contributed by atoms with van der Waals surface area (Å²) >= 11 is 0. The normalized spacial score (nSPS) is 14.3. The van der Waals surface area contributed by atoms with Crippen LogP contribution in [0.2, 0.25) is 0 Å². The molecule has 7 heteroatoms. The first-order valence-electron chi connectivity index (χ1n) is 6.26. The second-order valence-electron chi connectivity index (χ2n) is 4.29. The molecule has 1 N–H and O–H groups in total. The third-order valence-corrected chi connectivity index (χ3v) is 2.89. The first-order valence-corrected chi connectivity index (χ1v) is 6.26. The zero-order valence-electron chi connectivity index (χ0n) is 11.2. The summed E-state index contributed by atoms with van der Waals surface area (Å²) in [7, 11) is 3.06. The van der Waals surface area contributed by atoms with Crippen LogP contribution in [-0.4, -0.2) is 55.8 Å². The van der Waals surface area contributed by atoms with Crippen LogP contribution in [0, 0.1) is 0 Å². The van der Waals surface area contributed by atoms with Crippen molar-refractivity contribution in [3.63, 3.8) is 0 Å². The standard InChI is InChI=1S/C13H15BNO5/c1-18-6-7-19-11-4-2-10(3-5-11)8-12(13(16)17)15-9-14-20-15/h2-5,9,12H,6-8H2,1H3/p+1. The van der Waals surface area contributed by atoms with Crippen LogP contribution in [0.5, 0.6) is 5.75 Å². The number of nitrogens with zero attached hydrogens (tertiary/aromatic N) is 1. The molecule has 0 bridgehead atoms. The van der Waals surface area contributed by atoms with Gasteiger partial charge in [-0.05, 0) is 22.4 Å². The van der Waals surface area contributed by atoms with Crippen LogP contribution in [0.15, 0.2) is 24.3 Å². The van der Waals surface area contributed by atoms with E-state index in [4.69, 9.17) is 14.2 Å². The van der Waals surface area contributed by atoms with Gasteiger partial charge < -0.3 is 19.3 Å². The van der Waals surface area contributed by atoms with Gasteiger partial charge in [0.15, 0.2) is 0 Å². The topological polar surface area (TPSA) is 68.0 Å². The first kappa shape index (κ1) is 14.4. The predicted molar refractivity (Wildman–Crippen MR) is 72.1 cm³/mol. The molecule has 1 aromatic rings. The molecule has 0 saturated heterocycles. The largest absolute Gasteiger partial charge is 0.585 e. The van der Waals surface area contributed by atoms with E-state index >= 15 is 0 Å². The maximum atomic E-state index is 11.2. The Morgan fingerprint density at radius 2 is 2.10 bits per heavy atom. The zero-order valence-corrected chi connectivity index (χ0v) is 11.2. The van der Waals surface area contributed by atoms with Gasteiger partial charge in [-0.15, -0.1) is 0 Å². The Balaban J connectivity index is 1.93. The molecule has 1 aromatic carbocycles. The Morgan fingerprint density at radius 3 is 2.60 bits per heavy atom. The molecule has 1 radical (unpaired) electrons. The van der Waals surface area contributed by atoms with Gasteiger partial charge in [-0.1, -0.05) is 12.1 Å². The summed E-state index contributed by atoms with van der Waals surface area (Å²) in [6, 6.07) is 6.61. The summed E-state index contributed by atoms with van der Waals surface area (Å²) in [6.45, 7) is 1.02. The van der Waals surface area contributed by atoms with Crippen LogP contribution in [0.25, 0.3) is 0 Å². The minimum atomic E-state index is -0.922. The molecule has 0 fully saturated rings. The lowest BCUT2D eigenvalue weighted by Gasteiger charge is -2.14. The number of ether oxygens (including phenoxy) is 2. The van der Waals surface area contributed by atoms with Gasteiger partial charge in [0.25, 0.3) is 6.04 Å². The average Bonchev–Trinajstić information content (AvgIpc) is 2.38. The van der Waals surface area contributed by atoms with Gasteiger partial charge in [0, 0.05) is 7.11 Å². The molecule has 2 rings (SSSR count). The molecule has 6 nitrogen and oxygen atoms in total. The highest BCUT2D eigenvalue weighted by atomic mass is 16.6. The quantitative estimate of drug-likeness (QED) is 0.421. The van der Waals surface area contributed by atoms with E-state index in [-0.39, 0.29) is 0 Å². The highest BCUT2D eigenvalue weighted by molar-refractivity contribution is 6.62. The van der Waals surface area contributed by atoms with Crippen molar-refractivity contribution >= 4 is 19.6 Å². The summed E-state index contributed by atoms with van der Waals surface area (Å²) in [4.78, 5) is 11.2. The number of carboxylic acids is 1. The van der Waals surface area contributed by atoms with E-state index in [0.717, 1.165) is 11.3 Å². The molecule has 0 amide bonds. The number of methoxy groups -OCH3 is 1. The van der Waals surface area contributed by atoms with Crippen LogP contribution in [0.1, 0.15) is 5.56 Å². The number of hydroxylamine groups is 1. The average molecular weight is 277 g/mol. The smallest absolute Gasteiger partial charge is 0.491 e. The van der Waals surface area contributed by atoms with E-state index in [1.165, 1.54) is 12.2 Å². The first-order chi connectivity index (χ1) is 9.70. The van der Waals surface area contributed by atoms with Crippen molar-refractivity contribution in [1.29, 1.82) is 0 Å². The summed E-state index contributed by atoms with van der Waals surface area (Å²) in [5, 5.41) is 9.17. The number of hydrogen-bond acceptors (Lipinski definition) is 4. The number of benzene rings is 1. The van der Waals surface area contributed by atoms with Gasteiger partial charge >= 0.3 is 13.5 Å². The van der Waals surface area contributed by atoms with Crippen LogP contribution in [0.3, 0.4) is 0 Å². The maximum absolute atomic E-state index is 11.2. The molecule has 1 unspecified atom stereocenters. The minimum absolute atomic E-state index is 0.359. The summed E-state index contributed by atoms with van der Waals surface area (Å²) in [6.07, 6.45) is 1.96. The molecule has 105 valence electrons. The van der Waals surface area contributed by atoms with Gasteiger partial charge in [0.2, 0.25) is 6.11 Å². The van der Waals surface area contributed by atoms with Gasteiger partial charge in [-0.2, -0.15) is 0 Å². The van der Waals surface area contributed by atoms with Crippen molar-refractivity contribution < 1.29 is 28.9 Å². The number of aliphatic carboxylic acids is 1. The van der Waals surface area contributed by atoms with Gasteiger partial charge in [-0.3, -0.25) is 0 Å². The van der Waals surface area contributed by atoms with Crippen LogP contribution in [-0.2, 0) is 20.7 Å². The van der Waals surface area contributed by atoms with E-state index in [9.17, 15) is 9.90 Å². The third-order valence-electron chi connectivity index (χ3n) is 2.89. The lowest BCUT2D eigenvalue weighted by Crippen LogP contribution is -2.44. The number of hydrogen-bond donors (Lipinski definition) is 1. The highest BCUT2D eigenvalue weighted by Crippen LogP contribution is 2.15. The summed E-state index contributed by atoms with van der Waals surface area (Å²) < 4.78 is 16.6. The highest BCUT2D eigenvalue weighted by Gasteiger charge is 2.36. The van der Waals surface area contributed by atoms with Gasteiger partial charge in [-0.25, -0.2) is 4.79 Å². The molecule has 0 saturated carbocycles. The number of rotatable bonds is 8. The molecule has 1 atom stereocenters. The molecule has 0 aliphatic carbocycles. The molecule has 1 aliphatic heterocycles. The molecular formula is C13H16BNO5+. The second kappa shape index (κ2) is 6.95. The van der Waals surface area contributed by atoms with Crippen molar-refractivity contribution in [3.05, 3.63) is 29.8 Å². The monoisotopic (exact) mass is 277 g/mol. The fraction of sp³-hybridized carbons (Fsp3) is 0.385. The maximum Gasteiger partial charge on any atom is 0.585 e. The van der Waals surface area contributed by atoms with Crippen molar-refractivity contribution in [1.82, 2.24) is 0 Å². The molecule has 0 spiro atoms. The molecule has 1 aliphatic rings. The predicted octanol–water partition coefficient (Wildman–Crippen LogP) is 0.313. The SMILES string of the molecule is COCCOc1ccc(CC(C(=O)O)[N+]2=C[B]O2)cc1. The Labute approximate surface area is 117 Å². The molecule has 1 heterocycles. The summed E-state index contributed by atoms with van der Waals surface area (Å²) in [5.74, 6) is -0.187. The van der Waals surface area contributed by atoms with Crippen LogP contribution < -0.4 is 4.74 Å². The van der Waals surface area contributed by atoms with E-state index in [1.807, 2.05) is 24.3 Å².